The van der Waals surface area contributed by atoms with Gasteiger partial charge in [-0.1, -0.05) is 6.58 Å². The van der Waals surface area contributed by atoms with E-state index >= 15 is 0 Å². The number of benzene rings is 1. The fraction of sp³-hybridized carbons (Fsp3) is 0.316. The molecule has 3 nitrogen and oxygen atoms in total. The quantitative estimate of drug-likeness (QED) is 0.408. The van der Waals surface area contributed by atoms with Gasteiger partial charge in [0.15, 0.2) is 5.69 Å². The average Bonchev–Trinajstić information content (AvgIpc) is 2.96. The van der Waals surface area contributed by atoms with E-state index in [-0.39, 0.29) is 5.83 Å². The minimum atomic E-state index is -4.48. The largest absolute Gasteiger partial charge is 0.435 e. The molecule has 1 aromatic carbocycles. The number of alkyl halides is 3. The maximum absolute atomic E-state index is 13.7. The predicted octanol–water partition coefficient (Wildman–Crippen LogP) is 5.10. The van der Waals surface area contributed by atoms with E-state index in [0.717, 1.165) is 11.8 Å². The summed E-state index contributed by atoms with van der Waals surface area (Å²) in [4.78, 5) is 0. The second-order valence-corrected chi connectivity index (χ2v) is 6.76. The number of likely N-dealkylation sites (N-methyl/N-ethyl adjacent to an activating group) is 1. The summed E-state index contributed by atoms with van der Waals surface area (Å²) < 4.78 is 53.7. The van der Waals surface area contributed by atoms with Crippen LogP contribution in [0, 0.1) is 0 Å². The van der Waals surface area contributed by atoms with Crippen molar-refractivity contribution in [2.45, 2.75) is 13.1 Å². The summed E-state index contributed by atoms with van der Waals surface area (Å²) in [6, 6.07) is 8.18. The van der Waals surface area contributed by atoms with E-state index in [1.807, 2.05) is 26.2 Å². The van der Waals surface area contributed by atoms with E-state index in [4.69, 9.17) is 0 Å². The number of halogens is 4. The molecule has 0 saturated heterocycles. The highest BCUT2D eigenvalue weighted by atomic mass is 19.4. The van der Waals surface area contributed by atoms with Gasteiger partial charge in [-0.3, -0.25) is 9.16 Å². The number of nitrogens with zero attached hydrogens (tertiary/aromatic N) is 3. The molecule has 0 atom stereocenters. The van der Waals surface area contributed by atoms with Crippen molar-refractivity contribution in [1.29, 1.82) is 0 Å². The van der Waals surface area contributed by atoms with Crippen molar-refractivity contribution in [3.05, 3.63) is 60.1 Å². The SMILES string of the molecule is C=CC(F)=C(C)C[N+](C)(C)c1ccc(-c2cc(C(F)(F)F)nn2C)cc1. The molecule has 0 aliphatic rings. The lowest BCUT2D eigenvalue weighted by Crippen LogP contribution is -2.41. The van der Waals surface area contributed by atoms with Gasteiger partial charge >= 0.3 is 6.18 Å². The van der Waals surface area contributed by atoms with Crippen molar-refractivity contribution in [1.82, 2.24) is 14.3 Å². The summed E-state index contributed by atoms with van der Waals surface area (Å²) in [5, 5.41) is 3.53. The molecule has 0 fully saturated rings. The second-order valence-electron chi connectivity index (χ2n) is 6.76. The lowest BCUT2D eigenvalue weighted by atomic mass is 10.1. The predicted molar refractivity (Wildman–Crippen MR) is 96.2 cm³/mol. The van der Waals surface area contributed by atoms with Gasteiger partial charge in [-0.2, -0.15) is 18.3 Å². The van der Waals surface area contributed by atoms with Crippen molar-refractivity contribution in [2.75, 3.05) is 20.6 Å². The summed E-state index contributed by atoms with van der Waals surface area (Å²) >= 11 is 0. The smallest absolute Gasteiger partial charge is 0.292 e. The third kappa shape index (κ3) is 4.22. The first kappa shape index (κ1) is 19.9. The number of aryl methyl sites for hydroxylation is 1. The van der Waals surface area contributed by atoms with Crippen LogP contribution in [0.5, 0.6) is 0 Å². The number of hydrogen-bond acceptors (Lipinski definition) is 1. The van der Waals surface area contributed by atoms with Crippen LogP contribution in [0.2, 0.25) is 0 Å². The Kier molecular flexibility index (Phi) is 5.41. The van der Waals surface area contributed by atoms with Gasteiger partial charge in [0.05, 0.1) is 19.8 Å². The van der Waals surface area contributed by atoms with Crippen LogP contribution in [-0.2, 0) is 13.2 Å². The summed E-state index contributed by atoms with van der Waals surface area (Å²) in [6.07, 6.45) is -3.30. The zero-order chi connectivity index (χ0) is 19.7. The Bertz CT molecular complexity index is 827. The first-order valence-corrected chi connectivity index (χ1v) is 7.98. The van der Waals surface area contributed by atoms with E-state index in [0.29, 0.717) is 27.9 Å². The Morgan fingerprint density at radius 3 is 2.27 bits per heavy atom. The molecule has 2 rings (SSSR count). The molecule has 0 saturated carbocycles. The Hall–Kier alpha value is -2.41. The van der Waals surface area contributed by atoms with Gasteiger partial charge in [-0.25, -0.2) is 4.39 Å². The highest BCUT2D eigenvalue weighted by Gasteiger charge is 2.34. The monoisotopic (exact) mass is 368 g/mol. The highest BCUT2D eigenvalue weighted by Crippen LogP contribution is 2.32. The van der Waals surface area contributed by atoms with E-state index < -0.39 is 11.9 Å². The van der Waals surface area contributed by atoms with Gasteiger partial charge in [0.1, 0.15) is 18.1 Å². The number of aromatic nitrogens is 2. The number of quaternary nitrogens is 1. The van der Waals surface area contributed by atoms with Crippen LogP contribution in [0.25, 0.3) is 11.3 Å². The van der Waals surface area contributed by atoms with Crippen LogP contribution in [-0.4, -0.2) is 30.4 Å². The molecular formula is C19H22F4N3+. The Morgan fingerprint density at radius 1 is 1.23 bits per heavy atom. The molecule has 1 heterocycles. The highest BCUT2D eigenvalue weighted by molar-refractivity contribution is 5.63. The maximum Gasteiger partial charge on any atom is 0.435 e. The molecular weight excluding hydrogens is 346 g/mol. The third-order valence-electron chi connectivity index (χ3n) is 4.25. The summed E-state index contributed by atoms with van der Waals surface area (Å²) in [5.41, 5.74) is 1.57. The first-order valence-electron chi connectivity index (χ1n) is 7.98. The molecule has 1 aromatic heterocycles. The Morgan fingerprint density at radius 2 is 1.81 bits per heavy atom. The molecule has 0 radical (unpaired) electrons. The van der Waals surface area contributed by atoms with Crippen LogP contribution in [0.15, 0.2) is 54.4 Å². The standard InChI is InChI=1S/C19H22F4N3/c1-6-16(20)13(2)12-26(4,5)15-9-7-14(8-10-15)17-11-18(19(21,22)23)24-25(17)3/h6-11H,1,12H2,2-5H3/q+1. The molecule has 0 aliphatic carbocycles. The van der Waals surface area contributed by atoms with Gasteiger partial charge in [-0.05, 0) is 43.3 Å². The molecule has 0 unspecified atom stereocenters. The van der Waals surface area contributed by atoms with Gasteiger partial charge in [-0.15, -0.1) is 0 Å². The van der Waals surface area contributed by atoms with E-state index in [1.54, 1.807) is 19.1 Å². The molecule has 26 heavy (non-hydrogen) atoms. The minimum Gasteiger partial charge on any atom is -0.292 e. The molecule has 2 aromatic rings. The van der Waals surface area contributed by atoms with E-state index in [9.17, 15) is 17.6 Å². The van der Waals surface area contributed by atoms with Gasteiger partial charge < -0.3 is 0 Å². The first-order chi connectivity index (χ1) is 12.0. The van der Waals surface area contributed by atoms with Crippen molar-refractivity contribution >= 4 is 5.69 Å². The molecule has 0 aliphatic heterocycles. The zero-order valence-corrected chi connectivity index (χ0v) is 15.2. The van der Waals surface area contributed by atoms with Crippen LogP contribution in [0.4, 0.5) is 23.2 Å². The summed E-state index contributed by atoms with van der Waals surface area (Å²) in [5.74, 6) is -0.345. The second kappa shape index (κ2) is 7.07. The molecule has 0 N–H and O–H groups in total. The molecule has 7 heteroatoms. The Balaban J connectivity index is 2.31. The van der Waals surface area contributed by atoms with Crippen molar-refractivity contribution in [3.8, 4) is 11.3 Å². The number of hydrogen-bond donors (Lipinski definition) is 0. The van der Waals surface area contributed by atoms with Crippen LogP contribution in [0.3, 0.4) is 0 Å². The average molecular weight is 368 g/mol. The van der Waals surface area contributed by atoms with Crippen LogP contribution >= 0.6 is 0 Å². The maximum atomic E-state index is 13.7. The minimum absolute atomic E-state index is 0.345. The molecule has 0 spiro atoms. The topological polar surface area (TPSA) is 17.8 Å². The van der Waals surface area contributed by atoms with Gasteiger partial charge in [0.25, 0.3) is 0 Å². The lowest BCUT2D eigenvalue weighted by Gasteiger charge is -2.29. The third-order valence-corrected chi connectivity index (χ3v) is 4.25. The van der Waals surface area contributed by atoms with Crippen LogP contribution < -0.4 is 4.48 Å². The molecule has 0 bridgehead atoms. The van der Waals surface area contributed by atoms with Crippen molar-refractivity contribution in [3.63, 3.8) is 0 Å². The van der Waals surface area contributed by atoms with E-state index in [2.05, 4.69) is 11.7 Å². The van der Waals surface area contributed by atoms with Crippen molar-refractivity contribution < 1.29 is 17.6 Å². The lowest BCUT2D eigenvalue weighted by molar-refractivity contribution is -0.141. The zero-order valence-electron chi connectivity index (χ0n) is 15.2. The van der Waals surface area contributed by atoms with Gasteiger partial charge in [0, 0.05) is 18.2 Å². The molecule has 0 amide bonds. The Labute approximate surface area is 150 Å². The molecule has 140 valence electrons. The summed E-state index contributed by atoms with van der Waals surface area (Å²) in [7, 11) is 5.34. The van der Waals surface area contributed by atoms with E-state index in [1.165, 1.54) is 17.8 Å². The van der Waals surface area contributed by atoms with Crippen molar-refractivity contribution in [2.24, 2.45) is 7.05 Å². The van der Waals surface area contributed by atoms with Crippen LogP contribution in [0.1, 0.15) is 12.6 Å². The fourth-order valence-corrected chi connectivity index (χ4v) is 2.85. The number of rotatable bonds is 5. The fourth-order valence-electron chi connectivity index (χ4n) is 2.85. The van der Waals surface area contributed by atoms with Gasteiger partial charge in [0.2, 0.25) is 0 Å². The normalized spacial score (nSPS) is 13.5. The number of allylic oxidation sites excluding steroid dienone is 2. The summed E-state index contributed by atoms with van der Waals surface area (Å²) in [6.45, 7) is 5.58.